The molecular formula is C16H16FNO3. The van der Waals surface area contributed by atoms with Gasteiger partial charge in [-0.25, -0.2) is 9.18 Å². The zero-order chi connectivity index (χ0) is 15.5. The van der Waals surface area contributed by atoms with E-state index in [9.17, 15) is 14.3 Å². The number of carbonyl (C=O) groups is 1. The quantitative estimate of drug-likeness (QED) is 0.887. The van der Waals surface area contributed by atoms with Crippen LogP contribution in [0.25, 0.3) is 0 Å². The van der Waals surface area contributed by atoms with Gasteiger partial charge in [-0.2, -0.15) is 0 Å². The van der Waals surface area contributed by atoms with Crippen molar-refractivity contribution in [3.05, 3.63) is 59.9 Å². The maximum atomic E-state index is 13.0. The fourth-order valence-electron chi connectivity index (χ4n) is 2.12. The summed E-state index contributed by atoms with van der Waals surface area (Å²) in [5.74, 6) is -0.969. The molecule has 0 radical (unpaired) electrons. The lowest BCUT2D eigenvalue weighted by molar-refractivity contribution is -0.142. The molecular weight excluding hydrogens is 273 g/mol. The van der Waals surface area contributed by atoms with Gasteiger partial charge in [0.2, 0.25) is 0 Å². The van der Waals surface area contributed by atoms with Crippen LogP contribution in [0.3, 0.4) is 0 Å². The summed E-state index contributed by atoms with van der Waals surface area (Å²) in [6.45, 7) is 1.54. The fourth-order valence-corrected chi connectivity index (χ4v) is 2.12. The van der Waals surface area contributed by atoms with Crippen molar-refractivity contribution in [2.24, 2.45) is 0 Å². The molecule has 0 aliphatic heterocycles. The van der Waals surface area contributed by atoms with Gasteiger partial charge in [0.05, 0.1) is 7.11 Å². The number of carboxylic acid groups (broad SMARTS) is 1. The lowest BCUT2D eigenvalue weighted by Gasteiger charge is -2.29. The van der Waals surface area contributed by atoms with Crippen LogP contribution in [0.4, 0.5) is 10.1 Å². The topological polar surface area (TPSA) is 58.6 Å². The van der Waals surface area contributed by atoms with E-state index in [2.05, 4.69) is 5.32 Å². The third kappa shape index (κ3) is 2.97. The predicted molar refractivity (Wildman–Crippen MR) is 78.0 cm³/mol. The molecule has 0 fully saturated rings. The molecule has 0 aromatic heterocycles. The Labute approximate surface area is 122 Å². The number of anilines is 1. The number of ether oxygens (including phenoxy) is 1. The third-order valence-electron chi connectivity index (χ3n) is 3.31. The lowest BCUT2D eigenvalue weighted by Crippen LogP contribution is -2.40. The van der Waals surface area contributed by atoms with Crippen molar-refractivity contribution in [2.45, 2.75) is 12.5 Å². The van der Waals surface area contributed by atoms with Crippen molar-refractivity contribution in [2.75, 3.05) is 12.4 Å². The van der Waals surface area contributed by atoms with Crippen LogP contribution in [0.5, 0.6) is 5.75 Å². The van der Waals surface area contributed by atoms with Crippen LogP contribution in [0, 0.1) is 5.82 Å². The molecule has 1 atom stereocenters. The minimum Gasteiger partial charge on any atom is -0.496 e. The van der Waals surface area contributed by atoms with E-state index in [1.807, 2.05) is 0 Å². The molecule has 0 heterocycles. The zero-order valence-corrected chi connectivity index (χ0v) is 11.8. The van der Waals surface area contributed by atoms with Gasteiger partial charge in [0, 0.05) is 11.3 Å². The van der Waals surface area contributed by atoms with Gasteiger partial charge in [-0.05, 0) is 37.3 Å². The molecule has 21 heavy (non-hydrogen) atoms. The van der Waals surface area contributed by atoms with Gasteiger partial charge in [-0.3, -0.25) is 0 Å². The molecule has 0 bridgehead atoms. The van der Waals surface area contributed by atoms with Gasteiger partial charge in [0.15, 0.2) is 5.54 Å². The molecule has 110 valence electrons. The van der Waals surface area contributed by atoms with Crippen molar-refractivity contribution < 1.29 is 19.0 Å². The molecule has 4 nitrogen and oxygen atoms in total. The molecule has 2 aromatic carbocycles. The molecule has 1 unspecified atom stereocenters. The highest BCUT2D eigenvalue weighted by atomic mass is 19.1. The number of para-hydroxylation sites is 1. The largest absolute Gasteiger partial charge is 0.496 e. The van der Waals surface area contributed by atoms with E-state index in [0.29, 0.717) is 17.0 Å². The summed E-state index contributed by atoms with van der Waals surface area (Å²) in [7, 11) is 1.49. The van der Waals surface area contributed by atoms with E-state index in [1.165, 1.54) is 38.3 Å². The first-order valence-corrected chi connectivity index (χ1v) is 6.38. The number of aliphatic carboxylic acids is 1. The van der Waals surface area contributed by atoms with Gasteiger partial charge in [-0.1, -0.05) is 18.2 Å². The molecule has 0 spiro atoms. The number of rotatable bonds is 5. The minimum atomic E-state index is -1.40. The van der Waals surface area contributed by atoms with Gasteiger partial charge < -0.3 is 15.2 Å². The molecule has 0 amide bonds. The smallest absolute Gasteiger partial charge is 0.333 e. The number of carboxylic acids is 1. The highest BCUT2D eigenvalue weighted by Gasteiger charge is 2.37. The van der Waals surface area contributed by atoms with Gasteiger partial charge in [-0.15, -0.1) is 0 Å². The second kappa shape index (κ2) is 5.83. The molecule has 2 aromatic rings. The van der Waals surface area contributed by atoms with Crippen molar-refractivity contribution in [3.63, 3.8) is 0 Å². The van der Waals surface area contributed by atoms with Crippen LogP contribution >= 0.6 is 0 Å². The van der Waals surface area contributed by atoms with Crippen LogP contribution < -0.4 is 10.1 Å². The summed E-state index contributed by atoms with van der Waals surface area (Å²) in [6.07, 6.45) is 0. The normalized spacial score (nSPS) is 13.3. The number of nitrogens with one attached hydrogen (secondary N) is 1. The van der Waals surface area contributed by atoms with Crippen LogP contribution in [0.2, 0.25) is 0 Å². The van der Waals surface area contributed by atoms with E-state index in [-0.39, 0.29) is 5.82 Å². The summed E-state index contributed by atoms with van der Waals surface area (Å²) in [4.78, 5) is 11.8. The van der Waals surface area contributed by atoms with Crippen molar-refractivity contribution in [1.29, 1.82) is 0 Å². The average molecular weight is 289 g/mol. The first kappa shape index (κ1) is 14.8. The number of benzene rings is 2. The highest BCUT2D eigenvalue weighted by Crippen LogP contribution is 2.33. The maximum absolute atomic E-state index is 13.0. The number of hydrogen-bond donors (Lipinski definition) is 2. The van der Waals surface area contributed by atoms with Crippen molar-refractivity contribution in [3.8, 4) is 5.75 Å². The third-order valence-corrected chi connectivity index (χ3v) is 3.31. The highest BCUT2D eigenvalue weighted by molar-refractivity contribution is 5.85. The Morgan fingerprint density at radius 2 is 1.81 bits per heavy atom. The average Bonchev–Trinajstić information content (AvgIpc) is 2.49. The summed E-state index contributed by atoms with van der Waals surface area (Å²) < 4.78 is 18.2. The number of methoxy groups -OCH3 is 1. The first-order chi connectivity index (χ1) is 9.97. The summed E-state index contributed by atoms with van der Waals surface area (Å²) >= 11 is 0. The number of halogens is 1. The zero-order valence-electron chi connectivity index (χ0n) is 11.8. The van der Waals surface area contributed by atoms with E-state index in [0.717, 1.165) is 0 Å². The van der Waals surface area contributed by atoms with E-state index in [4.69, 9.17) is 4.74 Å². The minimum absolute atomic E-state index is 0.380. The summed E-state index contributed by atoms with van der Waals surface area (Å²) in [5.41, 5.74) is -0.402. The Morgan fingerprint density at radius 1 is 1.19 bits per heavy atom. The standard InChI is InChI=1S/C16H16FNO3/c1-16(15(19)20,13-5-3-4-6-14(13)21-2)18-12-9-7-11(17)8-10-12/h3-10,18H,1-2H3,(H,19,20). The molecule has 2 N–H and O–H groups in total. The Hall–Kier alpha value is -2.56. The van der Waals surface area contributed by atoms with Crippen LogP contribution in [0.1, 0.15) is 12.5 Å². The molecule has 5 heteroatoms. The van der Waals surface area contributed by atoms with Gasteiger partial charge in [0.25, 0.3) is 0 Å². The second-order valence-corrected chi connectivity index (χ2v) is 4.76. The Bertz CT molecular complexity index is 642. The van der Waals surface area contributed by atoms with Crippen molar-refractivity contribution in [1.82, 2.24) is 0 Å². The van der Waals surface area contributed by atoms with Crippen LogP contribution in [0.15, 0.2) is 48.5 Å². The SMILES string of the molecule is COc1ccccc1C(C)(Nc1ccc(F)cc1)C(=O)O. The predicted octanol–water partition coefficient (Wildman–Crippen LogP) is 3.25. The van der Waals surface area contributed by atoms with E-state index < -0.39 is 11.5 Å². The van der Waals surface area contributed by atoms with Gasteiger partial charge >= 0.3 is 5.97 Å². The Morgan fingerprint density at radius 3 is 2.38 bits per heavy atom. The maximum Gasteiger partial charge on any atom is 0.333 e. The molecule has 0 saturated heterocycles. The Balaban J connectivity index is 2.45. The second-order valence-electron chi connectivity index (χ2n) is 4.76. The molecule has 2 rings (SSSR count). The first-order valence-electron chi connectivity index (χ1n) is 6.38. The van der Waals surface area contributed by atoms with Crippen LogP contribution in [-0.2, 0) is 10.3 Å². The van der Waals surface area contributed by atoms with E-state index >= 15 is 0 Å². The number of hydrogen-bond acceptors (Lipinski definition) is 3. The van der Waals surface area contributed by atoms with Crippen molar-refractivity contribution >= 4 is 11.7 Å². The van der Waals surface area contributed by atoms with E-state index in [1.54, 1.807) is 24.3 Å². The molecule has 0 aliphatic carbocycles. The molecule has 0 saturated carbocycles. The van der Waals surface area contributed by atoms with Crippen LogP contribution in [-0.4, -0.2) is 18.2 Å². The monoisotopic (exact) mass is 289 g/mol. The molecule has 0 aliphatic rings. The summed E-state index contributed by atoms with van der Waals surface area (Å²) in [5, 5.41) is 12.6. The summed E-state index contributed by atoms with van der Waals surface area (Å²) in [6, 6.07) is 12.4. The fraction of sp³-hybridized carbons (Fsp3) is 0.188. The van der Waals surface area contributed by atoms with Gasteiger partial charge in [0.1, 0.15) is 11.6 Å². The Kier molecular flexibility index (Phi) is 4.12. The lowest BCUT2D eigenvalue weighted by atomic mass is 9.90.